The number of hydrogen-bond acceptors (Lipinski definition) is 4. The highest BCUT2D eigenvalue weighted by molar-refractivity contribution is 5.91. The summed E-state index contributed by atoms with van der Waals surface area (Å²) in [6.45, 7) is 0. The molecule has 0 saturated carbocycles. The number of rotatable bonds is 4. The fraction of sp³-hybridized carbons (Fsp3) is 0.125. The van der Waals surface area contributed by atoms with Crippen LogP contribution in [0, 0.1) is 0 Å². The van der Waals surface area contributed by atoms with Crippen LogP contribution in [0.15, 0.2) is 59.6 Å². The fourth-order valence-electron chi connectivity index (χ4n) is 2.18. The van der Waals surface area contributed by atoms with E-state index in [1.165, 1.54) is 0 Å². The molecule has 21 heavy (non-hydrogen) atoms. The van der Waals surface area contributed by atoms with Gasteiger partial charge < -0.3 is 15.8 Å². The Kier molecular flexibility index (Phi) is 3.55. The molecule has 3 rings (SSSR count). The third kappa shape index (κ3) is 2.86. The summed E-state index contributed by atoms with van der Waals surface area (Å²) in [6, 6.07) is 16.8. The van der Waals surface area contributed by atoms with Gasteiger partial charge in [-0.25, -0.2) is 0 Å². The summed E-state index contributed by atoms with van der Waals surface area (Å²) in [5.41, 5.74) is 7.33. The zero-order valence-electron chi connectivity index (χ0n) is 11.3. The molecule has 0 fully saturated rings. The van der Waals surface area contributed by atoms with Crippen molar-refractivity contribution in [3.05, 3.63) is 60.2 Å². The Labute approximate surface area is 122 Å². The first kappa shape index (κ1) is 13.2. The lowest BCUT2D eigenvalue weighted by Crippen LogP contribution is -2.47. The van der Waals surface area contributed by atoms with Gasteiger partial charge in [0.1, 0.15) is 5.75 Å². The highest BCUT2D eigenvalue weighted by Crippen LogP contribution is 2.22. The van der Waals surface area contributed by atoms with Gasteiger partial charge in [0.2, 0.25) is 6.10 Å². The number of carbonyl (C=O) groups excluding carboxylic acids is 1. The lowest BCUT2D eigenvalue weighted by molar-refractivity contribution is -0.125. The smallest absolute Gasteiger partial charge is 0.262 e. The normalized spacial score (nSPS) is 17.4. The Bertz CT molecular complexity index is 670. The van der Waals surface area contributed by atoms with E-state index in [1.54, 1.807) is 18.3 Å². The number of primary amides is 1. The standard InChI is InChI=1S/C16H15N3O2/c17-15(20)14(21-12-7-2-1-3-8-12)16-18-10-11-6-4-5-9-13(11)19-16/h1-10,14,16,19H,(H2,17,20). The molecule has 5 heteroatoms. The third-order valence-corrected chi connectivity index (χ3v) is 3.21. The van der Waals surface area contributed by atoms with Gasteiger partial charge >= 0.3 is 0 Å². The summed E-state index contributed by atoms with van der Waals surface area (Å²) in [5.74, 6) is 0.0186. The first-order chi connectivity index (χ1) is 10.2. The van der Waals surface area contributed by atoms with Crippen LogP contribution >= 0.6 is 0 Å². The molecule has 0 saturated heterocycles. The average Bonchev–Trinajstić information content (AvgIpc) is 2.53. The summed E-state index contributed by atoms with van der Waals surface area (Å²) in [7, 11) is 0. The summed E-state index contributed by atoms with van der Waals surface area (Å²) in [6.07, 6.45) is 0.301. The van der Waals surface area contributed by atoms with Gasteiger partial charge in [-0.3, -0.25) is 9.79 Å². The molecule has 0 spiro atoms. The van der Waals surface area contributed by atoms with E-state index in [1.807, 2.05) is 42.5 Å². The number of carbonyl (C=O) groups is 1. The van der Waals surface area contributed by atoms with Crippen molar-refractivity contribution in [2.45, 2.75) is 12.3 Å². The number of nitrogens with two attached hydrogens (primary N) is 1. The van der Waals surface area contributed by atoms with Crippen LogP contribution in [-0.2, 0) is 4.79 Å². The topological polar surface area (TPSA) is 76.7 Å². The highest BCUT2D eigenvalue weighted by Gasteiger charge is 2.30. The molecule has 2 aromatic rings. The molecule has 5 nitrogen and oxygen atoms in total. The van der Waals surface area contributed by atoms with E-state index < -0.39 is 18.2 Å². The molecule has 3 N–H and O–H groups in total. The molecule has 2 aromatic carbocycles. The second-order valence-corrected chi connectivity index (χ2v) is 4.71. The molecule has 2 unspecified atom stereocenters. The molecule has 106 valence electrons. The summed E-state index contributed by atoms with van der Waals surface area (Å²) in [4.78, 5) is 16.0. The molecule has 1 amide bonds. The summed E-state index contributed by atoms with van der Waals surface area (Å²) < 4.78 is 5.68. The molecule has 0 aromatic heterocycles. The first-order valence-corrected chi connectivity index (χ1v) is 6.64. The van der Waals surface area contributed by atoms with Crippen molar-refractivity contribution in [3.63, 3.8) is 0 Å². The number of benzene rings is 2. The number of hydrogen-bond donors (Lipinski definition) is 2. The number of nitrogens with zero attached hydrogens (tertiary/aromatic N) is 1. The highest BCUT2D eigenvalue weighted by atomic mass is 16.5. The largest absolute Gasteiger partial charge is 0.476 e. The maximum atomic E-state index is 11.7. The second-order valence-electron chi connectivity index (χ2n) is 4.71. The lowest BCUT2D eigenvalue weighted by Gasteiger charge is -2.27. The molecule has 1 heterocycles. The van der Waals surface area contributed by atoms with Crippen molar-refractivity contribution < 1.29 is 9.53 Å². The number of ether oxygens (including phenoxy) is 1. The van der Waals surface area contributed by atoms with Crippen LogP contribution in [0.4, 0.5) is 5.69 Å². The predicted molar refractivity (Wildman–Crippen MR) is 81.5 cm³/mol. The van der Waals surface area contributed by atoms with E-state index in [-0.39, 0.29) is 0 Å². The van der Waals surface area contributed by atoms with Crippen LogP contribution in [-0.4, -0.2) is 24.4 Å². The van der Waals surface area contributed by atoms with Crippen molar-refractivity contribution in [2.75, 3.05) is 5.32 Å². The van der Waals surface area contributed by atoms with Crippen LogP contribution in [0.25, 0.3) is 0 Å². The number of amides is 1. The minimum Gasteiger partial charge on any atom is -0.476 e. The second kappa shape index (κ2) is 5.66. The van der Waals surface area contributed by atoms with Crippen molar-refractivity contribution >= 4 is 17.8 Å². The molecule has 1 aliphatic rings. The third-order valence-electron chi connectivity index (χ3n) is 3.21. The Balaban J connectivity index is 1.82. The molecular weight excluding hydrogens is 266 g/mol. The first-order valence-electron chi connectivity index (χ1n) is 6.64. The van der Waals surface area contributed by atoms with E-state index in [4.69, 9.17) is 10.5 Å². The van der Waals surface area contributed by atoms with Crippen LogP contribution in [0.2, 0.25) is 0 Å². The predicted octanol–water partition coefficient (Wildman–Crippen LogP) is 1.79. The number of nitrogens with one attached hydrogen (secondary N) is 1. The Morgan fingerprint density at radius 3 is 2.62 bits per heavy atom. The van der Waals surface area contributed by atoms with Crippen molar-refractivity contribution in [3.8, 4) is 5.75 Å². The van der Waals surface area contributed by atoms with E-state index in [0.29, 0.717) is 5.75 Å². The van der Waals surface area contributed by atoms with Gasteiger partial charge in [-0.2, -0.15) is 0 Å². The van der Waals surface area contributed by atoms with Gasteiger partial charge in [0.25, 0.3) is 5.91 Å². The molecule has 0 bridgehead atoms. The van der Waals surface area contributed by atoms with E-state index in [2.05, 4.69) is 10.3 Å². The SMILES string of the molecule is NC(=O)C(Oc1ccccc1)C1N=Cc2ccccc2N1. The van der Waals surface area contributed by atoms with Gasteiger partial charge in [0.05, 0.1) is 0 Å². The Morgan fingerprint density at radius 2 is 1.86 bits per heavy atom. The number of aliphatic imine (C=N–C) groups is 1. The molecular formula is C16H15N3O2. The fourth-order valence-corrected chi connectivity index (χ4v) is 2.18. The summed E-state index contributed by atoms with van der Waals surface area (Å²) in [5, 5.41) is 3.17. The number of anilines is 1. The summed E-state index contributed by atoms with van der Waals surface area (Å²) >= 11 is 0. The van der Waals surface area contributed by atoms with Crippen molar-refractivity contribution in [2.24, 2.45) is 10.7 Å². The Morgan fingerprint density at radius 1 is 1.14 bits per heavy atom. The minimum atomic E-state index is -0.878. The van der Waals surface area contributed by atoms with Gasteiger partial charge in [0.15, 0.2) is 6.17 Å². The van der Waals surface area contributed by atoms with E-state index in [0.717, 1.165) is 11.3 Å². The maximum Gasteiger partial charge on any atom is 0.262 e. The number of fused-ring (bicyclic) bond motifs is 1. The van der Waals surface area contributed by atoms with Crippen molar-refractivity contribution in [1.29, 1.82) is 0 Å². The quantitative estimate of drug-likeness (QED) is 0.897. The zero-order valence-corrected chi connectivity index (χ0v) is 11.3. The van der Waals surface area contributed by atoms with E-state index in [9.17, 15) is 4.79 Å². The van der Waals surface area contributed by atoms with Crippen molar-refractivity contribution in [1.82, 2.24) is 0 Å². The van der Waals surface area contributed by atoms with Crippen LogP contribution < -0.4 is 15.8 Å². The van der Waals surface area contributed by atoms with Gasteiger partial charge in [0, 0.05) is 17.5 Å². The molecule has 1 aliphatic heterocycles. The molecule has 2 atom stereocenters. The molecule has 0 radical (unpaired) electrons. The minimum absolute atomic E-state index is 0.544. The van der Waals surface area contributed by atoms with Gasteiger partial charge in [-0.05, 0) is 18.2 Å². The van der Waals surface area contributed by atoms with Crippen LogP contribution in [0.5, 0.6) is 5.75 Å². The monoisotopic (exact) mass is 281 g/mol. The Hall–Kier alpha value is -2.82. The maximum absolute atomic E-state index is 11.7. The van der Waals surface area contributed by atoms with Crippen LogP contribution in [0.1, 0.15) is 5.56 Å². The molecule has 0 aliphatic carbocycles. The zero-order chi connectivity index (χ0) is 14.7. The van der Waals surface area contributed by atoms with Gasteiger partial charge in [-0.1, -0.05) is 36.4 Å². The van der Waals surface area contributed by atoms with Gasteiger partial charge in [-0.15, -0.1) is 0 Å². The average molecular weight is 281 g/mol. The number of para-hydroxylation sites is 2. The van der Waals surface area contributed by atoms with Crippen LogP contribution in [0.3, 0.4) is 0 Å². The lowest BCUT2D eigenvalue weighted by atomic mass is 10.1. The van der Waals surface area contributed by atoms with E-state index >= 15 is 0 Å².